The van der Waals surface area contributed by atoms with Crippen LogP contribution in [0.1, 0.15) is 25.7 Å². The zero-order chi connectivity index (χ0) is 9.90. The molecule has 0 fully saturated rings. The van der Waals surface area contributed by atoms with Crippen molar-refractivity contribution in [3.8, 4) is 0 Å². The molecule has 0 unspecified atom stereocenters. The fraction of sp³-hybridized carbons (Fsp3) is 0.286. The van der Waals surface area contributed by atoms with Gasteiger partial charge >= 0.3 is 0 Å². The molecule has 0 aromatic rings. The van der Waals surface area contributed by atoms with Gasteiger partial charge in [-0.15, -0.1) is 0 Å². The molecule has 1 aliphatic rings. The molecule has 0 saturated heterocycles. The van der Waals surface area contributed by atoms with E-state index in [2.05, 4.69) is 60.8 Å². The Morgan fingerprint density at radius 2 is 1.50 bits per heavy atom. The lowest BCUT2D eigenvalue weighted by molar-refractivity contribution is 1.01. The Labute approximate surface area is 87.0 Å². The minimum Gasteiger partial charge on any atom is -0.0879 e. The van der Waals surface area contributed by atoms with Crippen LogP contribution < -0.4 is 0 Å². The predicted molar refractivity (Wildman–Crippen MR) is 62.8 cm³/mol. The molecule has 0 nitrogen and oxygen atoms in total. The Bertz CT molecular complexity index is 234. The Morgan fingerprint density at radius 1 is 0.714 bits per heavy atom. The van der Waals surface area contributed by atoms with Gasteiger partial charge in [0.1, 0.15) is 0 Å². The fourth-order valence-electron chi connectivity index (χ4n) is 1.16. The lowest BCUT2D eigenvalue weighted by atomic mass is 10.2. The molecule has 0 amide bonds. The summed E-state index contributed by atoms with van der Waals surface area (Å²) in [6.07, 6.45) is 26.5. The number of hydrogen-bond donors (Lipinski definition) is 0. The zero-order valence-corrected chi connectivity index (χ0v) is 8.52. The monoisotopic (exact) mass is 185 g/mol. The maximum absolute atomic E-state index is 3.27. The first-order chi connectivity index (χ1) is 7.00. The minimum absolute atomic E-state index is 0.984. The maximum Gasteiger partial charge on any atom is -0.0160 e. The van der Waals surface area contributed by atoms with Gasteiger partial charge in [-0.1, -0.05) is 54.7 Å². The van der Waals surface area contributed by atoms with Crippen molar-refractivity contribution in [3.05, 3.63) is 60.8 Å². The van der Waals surface area contributed by atoms with E-state index in [0.29, 0.717) is 0 Å². The van der Waals surface area contributed by atoms with Gasteiger partial charge in [0.2, 0.25) is 0 Å². The summed E-state index contributed by atoms with van der Waals surface area (Å²) in [4.78, 5) is 0. The van der Waals surface area contributed by atoms with Crippen molar-refractivity contribution in [2.24, 2.45) is 0 Å². The van der Waals surface area contributed by atoms with Crippen LogP contribution in [-0.4, -0.2) is 0 Å². The van der Waals surface area contributed by atoms with Crippen LogP contribution in [-0.2, 0) is 0 Å². The normalized spacial score (nSPS) is 18.3. The first kappa shape index (κ1) is 10.8. The van der Waals surface area contributed by atoms with Gasteiger partial charge < -0.3 is 0 Å². The number of rotatable bonds is 0. The van der Waals surface area contributed by atoms with Gasteiger partial charge in [-0.2, -0.15) is 0 Å². The molecule has 0 N–H and O–H groups in total. The first-order valence-corrected chi connectivity index (χ1v) is 5.18. The molecule has 1 aliphatic carbocycles. The van der Waals surface area contributed by atoms with E-state index in [-0.39, 0.29) is 0 Å². The van der Waals surface area contributed by atoms with E-state index in [1.165, 1.54) is 0 Å². The third-order valence-electron chi connectivity index (χ3n) is 1.90. The molecule has 0 bridgehead atoms. The molecule has 0 aromatic heterocycles. The van der Waals surface area contributed by atoms with E-state index >= 15 is 0 Å². The zero-order valence-electron chi connectivity index (χ0n) is 8.52. The highest BCUT2D eigenvalue weighted by molar-refractivity contribution is 5.12. The summed E-state index contributed by atoms with van der Waals surface area (Å²) in [6, 6.07) is 0. The van der Waals surface area contributed by atoms with Crippen LogP contribution in [0.25, 0.3) is 0 Å². The summed E-state index contributed by atoms with van der Waals surface area (Å²) in [5.74, 6) is 0. The molecule has 0 atom stereocenters. The highest BCUT2D eigenvalue weighted by Gasteiger charge is 1.78. The third kappa shape index (κ3) is 6.24. The molecule has 1 radical (unpaired) electrons. The minimum atomic E-state index is 0.984. The summed E-state index contributed by atoms with van der Waals surface area (Å²) in [6.45, 7) is 0. The molecule has 0 spiro atoms. The van der Waals surface area contributed by atoms with Crippen LogP contribution in [0.15, 0.2) is 54.7 Å². The Hall–Kier alpha value is -1.30. The number of hydrogen-bond acceptors (Lipinski definition) is 0. The van der Waals surface area contributed by atoms with Crippen molar-refractivity contribution in [2.75, 3.05) is 0 Å². The van der Waals surface area contributed by atoms with Gasteiger partial charge in [-0.3, -0.25) is 0 Å². The third-order valence-corrected chi connectivity index (χ3v) is 1.90. The molecule has 73 valence electrons. The van der Waals surface area contributed by atoms with Gasteiger partial charge in [0.05, 0.1) is 0 Å². The molecule has 0 heterocycles. The average Bonchev–Trinajstić information content (AvgIpc) is 2.22. The summed E-state index contributed by atoms with van der Waals surface area (Å²) < 4.78 is 0. The Kier molecular flexibility index (Phi) is 6.39. The fourth-order valence-corrected chi connectivity index (χ4v) is 1.16. The smallest absolute Gasteiger partial charge is 0.0160 e. The highest BCUT2D eigenvalue weighted by atomic mass is 13.8. The van der Waals surface area contributed by atoms with Crippen molar-refractivity contribution in [3.63, 3.8) is 0 Å². The number of allylic oxidation sites excluding steroid dienone is 10. The van der Waals surface area contributed by atoms with E-state index in [9.17, 15) is 0 Å². The van der Waals surface area contributed by atoms with Crippen molar-refractivity contribution >= 4 is 0 Å². The predicted octanol–water partition coefficient (Wildman–Crippen LogP) is 4.14. The van der Waals surface area contributed by atoms with Crippen LogP contribution in [0.2, 0.25) is 0 Å². The largest absolute Gasteiger partial charge is 0.0879 e. The standard InChI is InChI=1S/C14H17/c1-2-4-6-8-10-12-14-13-11-9-7-5-3-1/h1-6,9-11H,7-8,13-14H2. The van der Waals surface area contributed by atoms with E-state index < -0.39 is 0 Å². The van der Waals surface area contributed by atoms with Crippen LogP contribution >= 0.6 is 0 Å². The van der Waals surface area contributed by atoms with Crippen LogP contribution in [0.4, 0.5) is 0 Å². The highest BCUT2D eigenvalue weighted by Crippen LogP contribution is 1.97. The van der Waals surface area contributed by atoms with Gasteiger partial charge in [0, 0.05) is 0 Å². The van der Waals surface area contributed by atoms with Crippen molar-refractivity contribution in [1.29, 1.82) is 0 Å². The van der Waals surface area contributed by atoms with Gasteiger partial charge in [0.25, 0.3) is 0 Å². The van der Waals surface area contributed by atoms with Gasteiger partial charge in [-0.25, -0.2) is 0 Å². The van der Waals surface area contributed by atoms with Crippen LogP contribution in [0.5, 0.6) is 0 Å². The topological polar surface area (TPSA) is 0 Å². The van der Waals surface area contributed by atoms with Crippen LogP contribution in [0, 0.1) is 6.08 Å². The molecule has 0 saturated carbocycles. The lowest BCUT2D eigenvalue weighted by Gasteiger charge is -1.87. The second-order valence-corrected chi connectivity index (χ2v) is 3.13. The Balaban J connectivity index is 2.45. The van der Waals surface area contributed by atoms with Crippen molar-refractivity contribution in [1.82, 2.24) is 0 Å². The van der Waals surface area contributed by atoms with Crippen LogP contribution in [0.3, 0.4) is 0 Å². The molecule has 14 heavy (non-hydrogen) atoms. The molecular weight excluding hydrogens is 168 g/mol. The van der Waals surface area contributed by atoms with E-state index in [1.54, 1.807) is 0 Å². The van der Waals surface area contributed by atoms with Crippen molar-refractivity contribution in [2.45, 2.75) is 25.7 Å². The summed E-state index contributed by atoms with van der Waals surface area (Å²) in [5, 5.41) is 0. The molecular formula is C14H17. The van der Waals surface area contributed by atoms with Gasteiger partial charge in [-0.05, 0) is 31.8 Å². The molecule has 1 rings (SSSR count). The molecule has 0 aliphatic heterocycles. The first-order valence-electron chi connectivity index (χ1n) is 5.18. The second-order valence-electron chi connectivity index (χ2n) is 3.13. The van der Waals surface area contributed by atoms with Crippen molar-refractivity contribution < 1.29 is 0 Å². The van der Waals surface area contributed by atoms with Gasteiger partial charge in [0.15, 0.2) is 0 Å². The lowest BCUT2D eigenvalue weighted by Crippen LogP contribution is -1.67. The van der Waals surface area contributed by atoms with E-state index in [1.807, 2.05) is 0 Å². The average molecular weight is 185 g/mol. The summed E-state index contributed by atoms with van der Waals surface area (Å²) in [5.41, 5.74) is 0. The summed E-state index contributed by atoms with van der Waals surface area (Å²) in [7, 11) is 0. The molecule has 0 heteroatoms. The molecule has 0 aromatic carbocycles. The quantitative estimate of drug-likeness (QED) is 0.497. The summed E-state index contributed by atoms with van der Waals surface area (Å²) >= 11 is 0. The SMILES string of the molecule is [C]1=CCC=CC=CC=CCC=CCC1. The second kappa shape index (κ2) is 8.31. The van der Waals surface area contributed by atoms with E-state index in [4.69, 9.17) is 0 Å². The van der Waals surface area contributed by atoms with E-state index in [0.717, 1.165) is 25.7 Å². The maximum atomic E-state index is 3.27. The Morgan fingerprint density at radius 3 is 2.36 bits per heavy atom.